The van der Waals surface area contributed by atoms with Crippen LogP contribution in [0, 0.1) is 11.8 Å². The lowest BCUT2D eigenvalue weighted by atomic mass is 9.92. The van der Waals surface area contributed by atoms with E-state index in [4.69, 9.17) is 4.98 Å². The van der Waals surface area contributed by atoms with Crippen LogP contribution in [-0.2, 0) is 4.79 Å². The molecule has 0 bridgehead atoms. The summed E-state index contributed by atoms with van der Waals surface area (Å²) in [4.78, 5) is 41.3. The number of carbonyl (C=O) groups is 1. The summed E-state index contributed by atoms with van der Waals surface area (Å²) in [5.74, 6) is 2.14. The smallest absolute Gasteiger partial charge is 0.260 e. The molecule has 35 heavy (non-hydrogen) atoms. The highest BCUT2D eigenvalue weighted by Gasteiger charge is 2.29. The van der Waals surface area contributed by atoms with Gasteiger partial charge >= 0.3 is 0 Å². The van der Waals surface area contributed by atoms with E-state index in [0.29, 0.717) is 29.6 Å². The zero-order chi connectivity index (χ0) is 24.5. The zero-order valence-corrected chi connectivity index (χ0v) is 21.7. The van der Waals surface area contributed by atoms with Gasteiger partial charge in [0.25, 0.3) is 5.56 Å². The molecule has 0 aliphatic carbocycles. The summed E-state index contributed by atoms with van der Waals surface area (Å²) < 4.78 is 0. The molecule has 1 amide bonds. The van der Waals surface area contributed by atoms with E-state index < -0.39 is 0 Å². The van der Waals surface area contributed by atoms with Gasteiger partial charge in [0.05, 0.1) is 18.0 Å². The Morgan fingerprint density at radius 1 is 1.11 bits per heavy atom. The summed E-state index contributed by atoms with van der Waals surface area (Å²) in [5, 5.41) is 2.69. The monoisotopic (exact) mass is 493 g/mol. The minimum Gasteiger partial charge on any atom is -0.341 e. The quantitative estimate of drug-likeness (QED) is 0.585. The number of piperidine rings is 1. The summed E-state index contributed by atoms with van der Waals surface area (Å²) >= 11 is 1.52. The lowest BCUT2D eigenvalue weighted by Gasteiger charge is -2.39. The SMILES string of the molecule is C[C@@H]1C[C@H](C)CN(C(=O)CN2CCN([C@H](C)c3nc4scc(-c5ccccc5)c4c(=O)[nH]3)CC2)C1. The van der Waals surface area contributed by atoms with E-state index in [0.717, 1.165) is 55.2 Å². The molecule has 0 radical (unpaired) electrons. The molecular weight excluding hydrogens is 458 g/mol. The molecule has 8 heteroatoms. The number of amides is 1. The third-order valence-corrected chi connectivity index (χ3v) is 8.35. The molecule has 2 aliphatic rings. The van der Waals surface area contributed by atoms with Crippen LogP contribution in [0.3, 0.4) is 0 Å². The molecule has 186 valence electrons. The molecular formula is C27H35N5O2S. The van der Waals surface area contributed by atoms with E-state index in [-0.39, 0.29) is 17.5 Å². The lowest BCUT2D eigenvalue weighted by Crippen LogP contribution is -2.52. The van der Waals surface area contributed by atoms with Gasteiger partial charge in [0, 0.05) is 50.2 Å². The van der Waals surface area contributed by atoms with Crippen LogP contribution >= 0.6 is 11.3 Å². The van der Waals surface area contributed by atoms with Crippen molar-refractivity contribution in [1.82, 2.24) is 24.7 Å². The molecule has 5 rings (SSSR count). The Hall–Kier alpha value is -2.55. The van der Waals surface area contributed by atoms with Gasteiger partial charge in [-0.05, 0) is 30.7 Å². The first-order chi connectivity index (χ1) is 16.9. The van der Waals surface area contributed by atoms with Gasteiger partial charge in [0.15, 0.2) is 0 Å². The number of H-pyrrole nitrogens is 1. The number of rotatable bonds is 5. The molecule has 2 aromatic heterocycles. The van der Waals surface area contributed by atoms with Crippen molar-refractivity contribution in [2.75, 3.05) is 45.8 Å². The van der Waals surface area contributed by atoms with E-state index in [1.165, 1.54) is 17.8 Å². The summed E-state index contributed by atoms with van der Waals surface area (Å²) in [6.45, 7) is 12.2. The van der Waals surface area contributed by atoms with Gasteiger partial charge in [0.2, 0.25) is 5.91 Å². The van der Waals surface area contributed by atoms with Gasteiger partial charge in [-0.2, -0.15) is 0 Å². The number of nitrogens with one attached hydrogen (secondary N) is 1. The summed E-state index contributed by atoms with van der Waals surface area (Å²) in [7, 11) is 0. The number of fused-ring (bicyclic) bond motifs is 1. The maximum atomic E-state index is 13.1. The molecule has 7 nitrogen and oxygen atoms in total. The molecule has 1 aromatic carbocycles. The van der Waals surface area contributed by atoms with Crippen molar-refractivity contribution in [3.63, 3.8) is 0 Å². The third-order valence-electron chi connectivity index (χ3n) is 7.48. The Bertz CT molecular complexity index is 1220. The Kier molecular flexibility index (Phi) is 7.05. The first kappa shape index (κ1) is 24.2. The van der Waals surface area contributed by atoms with E-state index in [9.17, 15) is 9.59 Å². The van der Waals surface area contributed by atoms with Crippen molar-refractivity contribution >= 4 is 27.5 Å². The number of thiophene rings is 1. The van der Waals surface area contributed by atoms with Crippen molar-refractivity contribution in [3.05, 3.63) is 51.9 Å². The highest BCUT2D eigenvalue weighted by Crippen LogP contribution is 2.31. The number of likely N-dealkylation sites (tertiary alicyclic amines) is 1. The number of aromatic nitrogens is 2. The standard InChI is InChI=1S/C27H35N5O2S/c1-18-13-19(2)15-32(14-18)23(33)16-30-9-11-31(12-10-30)20(3)25-28-26(34)24-22(17-35-27(24)29-25)21-7-5-4-6-8-21/h4-8,17-20H,9-16H2,1-3H3,(H,28,29,34)/t18-,19+,20-/m1/s1. The topological polar surface area (TPSA) is 72.5 Å². The number of hydrogen-bond acceptors (Lipinski definition) is 6. The summed E-state index contributed by atoms with van der Waals surface area (Å²) in [6.07, 6.45) is 1.21. The number of piperazine rings is 1. The fraction of sp³-hybridized carbons (Fsp3) is 0.519. The van der Waals surface area contributed by atoms with Crippen LogP contribution in [-0.4, -0.2) is 76.4 Å². The molecule has 0 unspecified atom stereocenters. The van der Waals surface area contributed by atoms with E-state index in [1.54, 1.807) is 0 Å². The summed E-state index contributed by atoms with van der Waals surface area (Å²) in [6, 6.07) is 10.00. The minimum absolute atomic E-state index is 0.0102. The molecule has 3 aromatic rings. The predicted octanol–water partition coefficient (Wildman–Crippen LogP) is 3.83. The van der Waals surface area contributed by atoms with Crippen molar-refractivity contribution in [1.29, 1.82) is 0 Å². The molecule has 2 saturated heterocycles. The maximum absolute atomic E-state index is 13.1. The first-order valence-corrected chi connectivity index (χ1v) is 13.6. The Morgan fingerprint density at radius 3 is 2.49 bits per heavy atom. The molecule has 2 aliphatic heterocycles. The van der Waals surface area contributed by atoms with E-state index in [2.05, 4.69) is 40.5 Å². The van der Waals surface area contributed by atoms with Crippen molar-refractivity contribution in [2.24, 2.45) is 11.8 Å². The van der Waals surface area contributed by atoms with Crippen LogP contribution in [0.2, 0.25) is 0 Å². The van der Waals surface area contributed by atoms with Crippen LogP contribution in [0.5, 0.6) is 0 Å². The molecule has 4 heterocycles. The van der Waals surface area contributed by atoms with Crippen molar-refractivity contribution < 1.29 is 4.79 Å². The van der Waals surface area contributed by atoms with Gasteiger partial charge in [-0.25, -0.2) is 4.98 Å². The van der Waals surface area contributed by atoms with Crippen LogP contribution in [0.15, 0.2) is 40.5 Å². The van der Waals surface area contributed by atoms with Crippen molar-refractivity contribution in [3.8, 4) is 11.1 Å². The van der Waals surface area contributed by atoms with E-state index in [1.807, 2.05) is 35.7 Å². The predicted molar refractivity (Wildman–Crippen MR) is 142 cm³/mol. The third kappa shape index (κ3) is 5.20. The maximum Gasteiger partial charge on any atom is 0.260 e. The number of nitrogens with zero attached hydrogens (tertiary/aromatic N) is 4. The number of benzene rings is 1. The molecule has 0 saturated carbocycles. The van der Waals surface area contributed by atoms with Crippen LogP contribution in [0.4, 0.5) is 0 Å². The number of aromatic amines is 1. The molecule has 2 fully saturated rings. The highest BCUT2D eigenvalue weighted by atomic mass is 32.1. The van der Waals surface area contributed by atoms with Gasteiger partial charge in [-0.1, -0.05) is 44.2 Å². The Labute approximate surface area is 210 Å². The van der Waals surface area contributed by atoms with Crippen LogP contribution < -0.4 is 5.56 Å². The summed E-state index contributed by atoms with van der Waals surface area (Å²) in [5.41, 5.74) is 1.89. The van der Waals surface area contributed by atoms with Gasteiger partial charge in [-0.3, -0.25) is 19.4 Å². The molecule has 0 spiro atoms. The number of carbonyl (C=O) groups excluding carboxylic acids is 1. The second kappa shape index (κ2) is 10.2. The van der Waals surface area contributed by atoms with Gasteiger partial charge in [-0.15, -0.1) is 11.3 Å². The molecule has 1 N–H and O–H groups in total. The fourth-order valence-electron chi connectivity index (χ4n) is 5.63. The van der Waals surface area contributed by atoms with Crippen LogP contribution in [0.25, 0.3) is 21.3 Å². The first-order valence-electron chi connectivity index (χ1n) is 12.7. The second-order valence-corrected chi connectivity index (χ2v) is 11.2. The highest BCUT2D eigenvalue weighted by molar-refractivity contribution is 7.17. The van der Waals surface area contributed by atoms with E-state index >= 15 is 0 Å². The van der Waals surface area contributed by atoms with Crippen LogP contribution in [0.1, 0.15) is 39.1 Å². The van der Waals surface area contributed by atoms with Crippen molar-refractivity contribution in [2.45, 2.75) is 33.2 Å². The Balaban J connectivity index is 1.22. The average Bonchev–Trinajstić information content (AvgIpc) is 3.29. The average molecular weight is 494 g/mol. The lowest BCUT2D eigenvalue weighted by molar-refractivity contribution is -0.135. The van der Waals surface area contributed by atoms with Gasteiger partial charge < -0.3 is 9.88 Å². The number of hydrogen-bond donors (Lipinski definition) is 1. The Morgan fingerprint density at radius 2 is 1.80 bits per heavy atom. The zero-order valence-electron chi connectivity index (χ0n) is 20.9. The largest absolute Gasteiger partial charge is 0.341 e. The molecule has 3 atom stereocenters. The van der Waals surface area contributed by atoms with Gasteiger partial charge in [0.1, 0.15) is 10.7 Å². The second-order valence-electron chi connectivity index (χ2n) is 10.4. The fourth-order valence-corrected chi connectivity index (χ4v) is 6.59. The normalized spacial score (nSPS) is 23.0. The minimum atomic E-state index is -0.0776.